The molecule has 0 atom stereocenters. The lowest BCUT2D eigenvalue weighted by Crippen LogP contribution is -2.28. The van der Waals surface area contributed by atoms with Crippen LogP contribution in [-0.4, -0.2) is 34.9 Å². The van der Waals surface area contributed by atoms with E-state index in [1.165, 1.54) is 33.6 Å². The van der Waals surface area contributed by atoms with Gasteiger partial charge in [0, 0.05) is 23.2 Å². The molecule has 0 spiro atoms. The molecule has 2 aromatic heterocycles. The molecule has 0 fully saturated rings. The van der Waals surface area contributed by atoms with Gasteiger partial charge < -0.3 is 14.2 Å². The molecule has 1 aliphatic rings. The van der Waals surface area contributed by atoms with Crippen molar-refractivity contribution in [3.8, 4) is 5.06 Å². The molecule has 0 bridgehead atoms. The zero-order valence-electron chi connectivity index (χ0n) is 18.5. The maximum Gasteiger partial charge on any atom is 0.283 e. The average molecular weight is 515 g/mol. The van der Waals surface area contributed by atoms with Gasteiger partial charge >= 0.3 is 0 Å². The quantitative estimate of drug-likeness (QED) is 0.568. The van der Waals surface area contributed by atoms with E-state index in [9.17, 15) is 17.8 Å². The normalized spacial score (nSPS) is 17.0. The Balaban J connectivity index is 2.03. The lowest BCUT2D eigenvalue weighted by Gasteiger charge is -2.18. The fourth-order valence-electron chi connectivity index (χ4n) is 3.26. The molecule has 0 radical (unpaired) electrons. The molecule has 3 rings (SSSR count). The Morgan fingerprint density at radius 2 is 1.91 bits per heavy atom. The lowest BCUT2D eigenvalue weighted by molar-refractivity contribution is 0.348. The highest BCUT2D eigenvalue weighted by atomic mass is 32.2. The Morgan fingerprint density at radius 3 is 2.53 bits per heavy atom. The summed E-state index contributed by atoms with van der Waals surface area (Å²) in [5, 5.41) is 3.34. The van der Waals surface area contributed by atoms with Gasteiger partial charge in [-0.1, -0.05) is 30.0 Å². The number of aromatic nitrogens is 1. The van der Waals surface area contributed by atoms with Crippen molar-refractivity contribution in [2.24, 2.45) is 7.05 Å². The van der Waals surface area contributed by atoms with Gasteiger partial charge in [-0.25, -0.2) is 0 Å². The van der Waals surface area contributed by atoms with E-state index >= 15 is 0 Å². The van der Waals surface area contributed by atoms with E-state index in [-0.39, 0.29) is 5.56 Å². The zero-order chi connectivity index (χ0) is 23.6. The highest BCUT2D eigenvalue weighted by Gasteiger charge is 2.22. The average Bonchev–Trinajstić information content (AvgIpc) is 3.30. The number of hydrogen-bond donors (Lipinski definition) is 1. The highest BCUT2D eigenvalue weighted by Crippen LogP contribution is 2.36. The number of thioether (sulfide) groups is 1. The minimum atomic E-state index is -4.17. The van der Waals surface area contributed by atoms with Crippen molar-refractivity contribution >= 4 is 56.7 Å². The summed E-state index contributed by atoms with van der Waals surface area (Å²) in [5.41, 5.74) is 2.95. The Morgan fingerprint density at radius 1 is 1.19 bits per heavy atom. The van der Waals surface area contributed by atoms with Crippen molar-refractivity contribution in [3.05, 3.63) is 57.8 Å². The predicted octanol–water partition coefficient (Wildman–Crippen LogP) is 2.98. The molecule has 3 heterocycles. The highest BCUT2D eigenvalue weighted by molar-refractivity contribution is 8.06. The zero-order valence-corrected chi connectivity index (χ0v) is 21.8. The molecule has 0 aliphatic carbocycles. The van der Waals surface area contributed by atoms with Crippen LogP contribution in [0.1, 0.15) is 36.8 Å². The van der Waals surface area contributed by atoms with Crippen molar-refractivity contribution in [1.82, 2.24) is 9.47 Å². The molecule has 0 aromatic carbocycles. The standard InChI is InChI=1S/C21H26N2O5S4/c1-6-15-14(4)21(28-7-2)31-17(15)10-19-22(5)20(24)16(30-19)8-9-18-23(12-32(25,26)27)13(3)11-29-18/h8-11H,6-7,12H2,1-5H3,(H,25,26,27)/b16-8-,18-9+,19-10?. The maximum absolute atomic E-state index is 12.8. The van der Waals surface area contributed by atoms with Crippen molar-refractivity contribution in [2.45, 2.75) is 34.1 Å². The molecule has 2 aromatic rings. The summed E-state index contributed by atoms with van der Waals surface area (Å²) in [6, 6.07) is 0. The van der Waals surface area contributed by atoms with Crippen LogP contribution in [0.2, 0.25) is 0 Å². The van der Waals surface area contributed by atoms with E-state index in [0.29, 0.717) is 21.9 Å². The molecule has 0 amide bonds. The molecule has 32 heavy (non-hydrogen) atoms. The second-order valence-corrected chi connectivity index (χ2v) is 11.5. The van der Waals surface area contributed by atoms with Gasteiger partial charge in [-0.05, 0) is 56.4 Å². The monoisotopic (exact) mass is 514 g/mol. The van der Waals surface area contributed by atoms with Crippen LogP contribution in [0.5, 0.6) is 5.06 Å². The van der Waals surface area contributed by atoms with Gasteiger partial charge in [-0.3, -0.25) is 9.35 Å². The van der Waals surface area contributed by atoms with Crippen molar-refractivity contribution in [2.75, 3.05) is 12.5 Å². The Labute approximate surface area is 199 Å². The third-order valence-electron chi connectivity index (χ3n) is 4.91. The van der Waals surface area contributed by atoms with Crippen molar-refractivity contribution < 1.29 is 17.7 Å². The fourth-order valence-corrected chi connectivity index (χ4v) is 7.21. The van der Waals surface area contributed by atoms with Crippen LogP contribution < -0.4 is 19.5 Å². The SMILES string of the molecule is CCOc1sc(C=c2s/c(=C\C=C3\SC=C(C)N3CS(=O)(=O)O)c(=O)n2C)c(CC)c1C. The first-order valence-corrected chi connectivity index (χ1v) is 14.1. The first kappa shape index (κ1) is 24.8. The van der Waals surface area contributed by atoms with Crippen LogP contribution in [0, 0.1) is 6.92 Å². The molecule has 1 N–H and O–H groups in total. The summed E-state index contributed by atoms with van der Waals surface area (Å²) >= 11 is 4.31. The molecular formula is C21H26N2O5S4. The van der Waals surface area contributed by atoms with Crippen LogP contribution in [0.3, 0.4) is 0 Å². The third-order valence-corrected chi connectivity index (χ3v) is 8.88. The molecule has 174 valence electrons. The van der Waals surface area contributed by atoms with Gasteiger partial charge in [0.2, 0.25) is 0 Å². The molecule has 0 saturated heterocycles. The number of thiophene rings is 1. The summed E-state index contributed by atoms with van der Waals surface area (Å²) in [5.74, 6) is -0.525. The van der Waals surface area contributed by atoms with E-state index in [1.54, 1.807) is 47.4 Å². The summed E-state index contributed by atoms with van der Waals surface area (Å²) in [6.45, 7) is 8.50. The van der Waals surface area contributed by atoms with Crippen LogP contribution in [0.25, 0.3) is 12.2 Å². The minimum Gasteiger partial charge on any atom is -0.484 e. The van der Waals surface area contributed by atoms with Gasteiger partial charge in [0.25, 0.3) is 15.7 Å². The van der Waals surface area contributed by atoms with Crippen LogP contribution in [0.4, 0.5) is 0 Å². The maximum atomic E-state index is 12.8. The number of hydrogen-bond acceptors (Lipinski definition) is 8. The predicted molar refractivity (Wildman–Crippen MR) is 134 cm³/mol. The van der Waals surface area contributed by atoms with E-state index in [0.717, 1.165) is 26.6 Å². The molecular weight excluding hydrogens is 489 g/mol. The smallest absolute Gasteiger partial charge is 0.283 e. The number of thiazole rings is 1. The third kappa shape index (κ3) is 5.40. The van der Waals surface area contributed by atoms with Gasteiger partial charge in [0.1, 0.15) is 0 Å². The molecule has 0 saturated carbocycles. The Hall–Kier alpha value is -1.79. The van der Waals surface area contributed by atoms with Crippen LogP contribution in [0.15, 0.2) is 27.0 Å². The first-order chi connectivity index (χ1) is 15.1. The minimum absolute atomic E-state index is 0.122. The number of allylic oxidation sites excluding steroid dienone is 2. The second kappa shape index (κ2) is 10.0. The second-order valence-electron chi connectivity index (χ2n) is 7.14. The molecule has 7 nitrogen and oxygen atoms in total. The van der Waals surface area contributed by atoms with Gasteiger partial charge in [0.05, 0.1) is 20.8 Å². The first-order valence-electron chi connectivity index (χ1n) is 9.96. The lowest BCUT2D eigenvalue weighted by atomic mass is 10.1. The van der Waals surface area contributed by atoms with Gasteiger partial charge in [0.15, 0.2) is 10.9 Å². The molecule has 11 heteroatoms. The fraction of sp³-hybridized carbons (Fsp3) is 0.381. The summed E-state index contributed by atoms with van der Waals surface area (Å²) in [6.07, 6.45) is 6.30. The largest absolute Gasteiger partial charge is 0.484 e. The summed E-state index contributed by atoms with van der Waals surface area (Å²) in [4.78, 5) is 15.4. The van der Waals surface area contributed by atoms with Gasteiger partial charge in [-0.2, -0.15) is 8.42 Å². The van der Waals surface area contributed by atoms with E-state index in [2.05, 4.69) is 13.8 Å². The van der Waals surface area contributed by atoms with E-state index in [4.69, 9.17) is 4.74 Å². The van der Waals surface area contributed by atoms with Crippen molar-refractivity contribution in [1.29, 1.82) is 0 Å². The number of nitrogens with zero attached hydrogens (tertiary/aromatic N) is 2. The number of ether oxygens (including phenoxy) is 1. The van der Waals surface area contributed by atoms with E-state index in [1.807, 2.05) is 13.0 Å². The Bertz CT molecular complexity index is 1360. The molecule has 0 unspecified atom stereocenters. The number of rotatable bonds is 7. The molecule has 1 aliphatic heterocycles. The van der Waals surface area contributed by atoms with Crippen LogP contribution in [-0.2, 0) is 23.6 Å². The van der Waals surface area contributed by atoms with Crippen LogP contribution >= 0.6 is 34.4 Å². The van der Waals surface area contributed by atoms with E-state index < -0.39 is 16.0 Å². The topological polar surface area (TPSA) is 88.8 Å². The van der Waals surface area contributed by atoms with Crippen molar-refractivity contribution in [3.63, 3.8) is 0 Å². The Kier molecular flexibility index (Phi) is 7.77. The summed E-state index contributed by atoms with van der Waals surface area (Å²) in [7, 11) is -2.43. The summed E-state index contributed by atoms with van der Waals surface area (Å²) < 4.78 is 40.6. The van der Waals surface area contributed by atoms with Gasteiger partial charge in [-0.15, -0.1) is 11.3 Å².